The summed E-state index contributed by atoms with van der Waals surface area (Å²) in [6, 6.07) is 2.95. The summed E-state index contributed by atoms with van der Waals surface area (Å²) < 4.78 is 23.8. The van der Waals surface area contributed by atoms with Crippen molar-refractivity contribution in [1.29, 1.82) is 0 Å². The molecule has 0 unspecified atom stereocenters. The number of aryl methyl sites for hydroxylation is 1. The van der Waals surface area contributed by atoms with Crippen LogP contribution in [0, 0.1) is 6.92 Å². The van der Waals surface area contributed by atoms with E-state index in [2.05, 4.69) is 4.98 Å². The van der Waals surface area contributed by atoms with Crippen molar-refractivity contribution in [3.8, 4) is 0 Å². The van der Waals surface area contributed by atoms with E-state index in [9.17, 15) is 8.42 Å². The topological polar surface area (TPSA) is 77.5 Å². The van der Waals surface area contributed by atoms with Crippen molar-refractivity contribution >= 4 is 15.5 Å². The van der Waals surface area contributed by atoms with E-state index in [-0.39, 0.29) is 4.90 Å². The number of fused-ring (bicyclic) bond motifs is 1. The van der Waals surface area contributed by atoms with E-state index >= 15 is 0 Å². The molecule has 0 aliphatic heterocycles. The lowest BCUT2D eigenvalue weighted by molar-refractivity contribution is 0.597. The molecule has 0 bridgehead atoms. The zero-order chi connectivity index (χ0) is 10.3. The molecule has 0 radical (unpaired) electrons. The second-order valence-corrected chi connectivity index (χ2v) is 4.57. The predicted octanol–water partition coefficient (Wildman–Crippen LogP) is 0.290. The fourth-order valence-corrected chi connectivity index (χ4v) is 1.83. The average Bonchev–Trinajstić information content (AvgIpc) is 2.46. The molecule has 0 fully saturated rings. The maximum atomic E-state index is 11.0. The van der Waals surface area contributed by atoms with E-state index in [0.717, 1.165) is 5.82 Å². The summed E-state index contributed by atoms with van der Waals surface area (Å²) in [4.78, 5) is 4.15. The lowest BCUT2D eigenvalue weighted by atomic mass is 10.4. The molecule has 2 aromatic rings. The fourth-order valence-electron chi connectivity index (χ4n) is 1.29. The summed E-state index contributed by atoms with van der Waals surface area (Å²) in [6.45, 7) is 1.84. The van der Waals surface area contributed by atoms with Crippen LogP contribution in [-0.4, -0.2) is 17.8 Å². The first-order valence-electron chi connectivity index (χ1n) is 3.95. The van der Waals surface area contributed by atoms with Crippen molar-refractivity contribution in [3.63, 3.8) is 0 Å². The van der Waals surface area contributed by atoms with Gasteiger partial charge in [-0.25, -0.2) is 18.5 Å². The smallest absolute Gasteiger partial charge is 0.238 e. The molecule has 5 nitrogen and oxygen atoms in total. The minimum absolute atomic E-state index is 0.102. The van der Waals surface area contributed by atoms with Crippen LogP contribution in [0.5, 0.6) is 0 Å². The van der Waals surface area contributed by atoms with Crippen molar-refractivity contribution < 1.29 is 8.42 Å². The number of primary sulfonamides is 1. The van der Waals surface area contributed by atoms with Crippen molar-refractivity contribution in [2.75, 3.05) is 0 Å². The van der Waals surface area contributed by atoms with Gasteiger partial charge in [-0.3, -0.25) is 0 Å². The first-order chi connectivity index (χ1) is 6.48. The number of pyridine rings is 1. The van der Waals surface area contributed by atoms with Crippen LogP contribution in [0.1, 0.15) is 5.82 Å². The van der Waals surface area contributed by atoms with Gasteiger partial charge in [0.1, 0.15) is 5.82 Å². The molecule has 0 spiro atoms. The highest BCUT2D eigenvalue weighted by molar-refractivity contribution is 7.89. The zero-order valence-corrected chi connectivity index (χ0v) is 8.32. The molecule has 0 atom stereocenters. The molecule has 0 amide bonds. The van der Waals surface area contributed by atoms with E-state index in [0.29, 0.717) is 5.52 Å². The van der Waals surface area contributed by atoms with Gasteiger partial charge in [0.05, 0.1) is 16.6 Å². The van der Waals surface area contributed by atoms with Crippen LogP contribution in [0.2, 0.25) is 0 Å². The number of sulfonamides is 1. The Bertz CT molecular complexity index is 586. The summed E-state index contributed by atoms with van der Waals surface area (Å²) in [5.74, 6) is 0.806. The van der Waals surface area contributed by atoms with Crippen molar-refractivity contribution in [3.05, 3.63) is 30.4 Å². The van der Waals surface area contributed by atoms with Gasteiger partial charge in [-0.2, -0.15) is 0 Å². The number of hydrogen-bond acceptors (Lipinski definition) is 3. The third-order valence-electron chi connectivity index (χ3n) is 2.02. The first-order valence-corrected chi connectivity index (χ1v) is 5.49. The van der Waals surface area contributed by atoms with E-state index in [1.54, 1.807) is 16.8 Å². The Morgan fingerprint density at radius 3 is 2.86 bits per heavy atom. The Morgan fingerprint density at radius 1 is 1.50 bits per heavy atom. The Labute approximate surface area is 81.2 Å². The Hall–Kier alpha value is -1.40. The van der Waals surface area contributed by atoms with Gasteiger partial charge >= 0.3 is 0 Å². The predicted molar refractivity (Wildman–Crippen MR) is 51.3 cm³/mol. The standard InChI is InChI=1S/C8H9N3O2S/c1-6-10-5-7-4-8(14(9,12)13)2-3-11(6)7/h2-5H,1H3,(H2,9,12,13). The van der Waals surface area contributed by atoms with E-state index in [1.807, 2.05) is 6.92 Å². The zero-order valence-electron chi connectivity index (χ0n) is 7.51. The van der Waals surface area contributed by atoms with E-state index in [1.165, 1.54) is 12.1 Å². The number of nitrogens with zero attached hydrogens (tertiary/aromatic N) is 2. The summed E-state index contributed by atoms with van der Waals surface area (Å²) >= 11 is 0. The Balaban J connectivity index is 2.76. The van der Waals surface area contributed by atoms with Crippen molar-refractivity contribution in [1.82, 2.24) is 9.38 Å². The molecular weight excluding hydrogens is 202 g/mol. The van der Waals surface area contributed by atoms with Gasteiger partial charge in [0.25, 0.3) is 0 Å². The average molecular weight is 211 g/mol. The molecule has 0 aliphatic rings. The van der Waals surface area contributed by atoms with Crippen LogP contribution in [0.3, 0.4) is 0 Å². The quantitative estimate of drug-likeness (QED) is 0.736. The van der Waals surface area contributed by atoms with Crippen LogP contribution < -0.4 is 5.14 Å². The number of hydrogen-bond donors (Lipinski definition) is 1. The molecule has 0 aromatic carbocycles. The molecule has 0 aliphatic carbocycles. The first kappa shape index (κ1) is 9.17. The summed E-state index contributed by atoms with van der Waals surface area (Å²) in [5, 5.41) is 5.00. The fraction of sp³-hybridized carbons (Fsp3) is 0.125. The highest BCUT2D eigenvalue weighted by Crippen LogP contribution is 2.12. The van der Waals surface area contributed by atoms with Crippen LogP contribution >= 0.6 is 0 Å². The maximum Gasteiger partial charge on any atom is 0.238 e. The van der Waals surface area contributed by atoms with Crippen molar-refractivity contribution in [2.24, 2.45) is 5.14 Å². The number of imidazole rings is 1. The molecule has 14 heavy (non-hydrogen) atoms. The molecule has 2 aromatic heterocycles. The Kier molecular flexibility index (Phi) is 1.83. The molecule has 0 saturated carbocycles. The SMILES string of the molecule is Cc1ncc2cc(S(N)(=O)=O)ccn12. The molecule has 6 heteroatoms. The molecule has 2 heterocycles. The van der Waals surface area contributed by atoms with Gasteiger partial charge in [-0.15, -0.1) is 0 Å². The van der Waals surface area contributed by atoms with E-state index in [4.69, 9.17) is 5.14 Å². The van der Waals surface area contributed by atoms with Gasteiger partial charge in [-0.1, -0.05) is 0 Å². The van der Waals surface area contributed by atoms with Gasteiger partial charge in [0.2, 0.25) is 10.0 Å². The summed E-state index contributed by atoms with van der Waals surface area (Å²) in [6.07, 6.45) is 3.24. The third-order valence-corrected chi connectivity index (χ3v) is 2.93. The lowest BCUT2D eigenvalue weighted by Crippen LogP contribution is -2.12. The highest BCUT2D eigenvalue weighted by Gasteiger charge is 2.08. The highest BCUT2D eigenvalue weighted by atomic mass is 32.2. The normalized spacial score (nSPS) is 12.1. The molecule has 2 rings (SSSR count). The molecule has 0 saturated heterocycles. The van der Waals surface area contributed by atoms with Crippen molar-refractivity contribution in [2.45, 2.75) is 11.8 Å². The van der Waals surface area contributed by atoms with E-state index < -0.39 is 10.0 Å². The lowest BCUT2D eigenvalue weighted by Gasteiger charge is -1.99. The minimum Gasteiger partial charge on any atom is -0.304 e. The largest absolute Gasteiger partial charge is 0.304 e. The van der Waals surface area contributed by atoms with Crippen LogP contribution in [0.4, 0.5) is 0 Å². The molecule has 74 valence electrons. The monoisotopic (exact) mass is 211 g/mol. The number of aromatic nitrogens is 2. The van der Waals surface area contributed by atoms with Crippen LogP contribution in [0.25, 0.3) is 5.52 Å². The third kappa shape index (κ3) is 1.38. The second kappa shape index (κ2) is 2.79. The van der Waals surface area contributed by atoms with Gasteiger partial charge in [0.15, 0.2) is 0 Å². The molecular formula is C8H9N3O2S. The summed E-state index contributed by atoms with van der Waals surface area (Å²) in [5.41, 5.74) is 0.717. The van der Waals surface area contributed by atoms with Gasteiger partial charge in [-0.05, 0) is 19.1 Å². The van der Waals surface area contributed by atoms with Gasteiger partial charge in [0, 0.05) is 6.20 Å². The second-order valence-electron chi connectivity index (χ2n) is 3.01. The van der Waals surface area contributed by atoms with Gasteiger partial charge < -0.3 is 4.40 Å². The Morgan fingerprint density at radius 2 is 2.21 bits per heavy atom. The maximum absolute atomic E-state index is 11.0. The minimum atomic E-state index is -3.63. The molecule has 2 N–H and O–H groups in total. The van der Waals surface area contributed by atoms with Crippen LogP contribution in [-0.2, 0) is 10.0 Å². The number of nitrogens with two attached hydrogens (primary N) is 1. The number of rotatable bonds is 1. The van der Waals surface area contributed by atoms with Crippen LogP contribution in [0.15, 0.2) is 29.4 Å². The summed E-state index contributed by atoms with van der Waals surface area (Å²) in [7, 11) is -3.63.